The summed E-state index contributed by atoms with van der Waals surface area (Å²) in [7, 11) is 0. The van der Waals surface area contributed by atoms with E-state index in [0.717, 1.165) is 11.1 Å². The van der Waals surface area contributed by atoms with Crippen molar-refractivity contribution in [2.45, 2.75) is 20.8 Å². The molecular formula is C10H16N2. The van der Waals surface area contributed by atoms with Gasteiger partial charge in [-0.2, -0.15) is 0 Å². The van der Waals surface area contributed by atoms with E-state index in [0.29, 0.717) is 5.82 Å². The van der Waals surface area contributed by atoms with Gasteiger partial charge in [-0.05, 0) is 26.3 Å². The molecule has 0 bridgehead atoms. The van der Waals surface area contributed by atoms with Crippen LogP contribution in [-0.4, -0.2) is 6.21 Å². The molecule has 0 saturated heterocycles. The number of rotatable bonds is 3. The zero-order valence-corrected chi connectivity index (χ0v) is 7.96. The van der Waals surface area contributed by atoms with Crippen molar-refractivity contribution in [2.75, 3.05) is 0 Å². The molecule has 12 heavy (non-hydrogen) atoms. The molecule has 0 fully saturated rings. The molecule has 2 N–H and O–H groups in total. The quantitative estimate of drug-likeness (QED) is 0.505. The Balaban J connectivity index is 4.93. The molecule has 0 unspecified atom stereocenters. The number of nitrogens with two attached hydrogens (primary N) is 1. The lowest BCUT2D eigenvalue weighted by molar-refractivity contribution is 1.19. The summed E-state index contributed by atoms with van der Waals surface area (Å²) in [6.07, 6.45) is 5.49. The number of allylic oxidation sites excluding steroid dienone is 4. The third kappa shape index (κ3) is 3.19. The topological polar surface area (TPSA) is 38.4 Å². The molecule has 0 radical (unpaired) electrons. The summed E-state index contributed by atoms with van der Waals surface area (Å²) >= 11 is 0. The van der Waals surface area contributed by atoms with Crippen LogP contribution in [-0.2, 0) is 0 Å². The molecule has 0 heterocycles. The van der Waals surface area contributed by atoms with E-state index in [4.69, 9.17) is 5.73 Å². The summed E-state index contributed by atoms with van der Waals surface area (Å²) in [6.45, 7) is 9.49. The first kappa shape index (κ1) is 10.7. The Bertz CT molecular complexity index is 245. The minimum atomic E-state index is 0.517. The second kappa shape index (κ2) is 5.35. The van der Waals surface area contributed by atoms with Crippen molar-refractivity contribution in [3.8, 4) is 0 Å². The van der Waals surface area contributed by atoms with Crippen LogP contribution < -0.4 is 5.73 Å². The average Bonchev–Trinajstić information content (AvgIpc) is 1.99. The highest BCUT2D eigenvalue weighted by molar-refractivity contribution is 5.56. The van der Waals surface area contributed by atoms with E-state index in [9.17, 15) is 0 Å². The van der Waals surface area contributed by atoms with E-state index in [1.807, 2.05) is 32.9 Å². The van der Waals surface area contributed by atoms with Gasteiger partial charge in [-0.3, -0.25) is 0 Å². The molecule has 0 aromatic rings. The maximum absolute atomic E-state index is 5.69. The van der Waals surface area contributed by atoms with Gasteiger partial charge < -0.3 is 5.73 Å². The van der Waals surface area contributed by atoms with Gasteiger partial charge in [0, 0.05) is 11.8 Å². The number of nitrogens with zero attached hydrogens (tertiary/aromatic N) is 1. The van der Waals surface area contributed by atoms with Crippen molar-refractivity contribution >= 4 is 6.21 Å². The summed E-state index contributed by atoms with van der Waals surface area (Å²) in [5, 5.41) is 0. The number of aliphatic imine (C=N–C) groups is 1. The van der Waals surface area contributed by atoms with Crippen molar-refractivity contribution in [1.82, 2.24) is 0 Å². The standard InChI is InChI=1S/C10H16N2/c1-5-7-9(8(3)4)10(11)12-6-2/h5-7H,3,11H2,1-2,4H3/b7-5-,10-9-,12-6?. The largest absolute Gasteiger partial charge is 0.383 e. The van der Waals surface area contributed by atoms with Crippen molar-refractivity contribution < 1.29 is 0 Å². The third-order valence-electron chi connectivity index (χ3n) is 1.34. The molecule has 0 spiro atoms. The van der Waals surface area contributed by atoms with Crippen LogP contribution in [0.1, 0.15) is 20.8 Å². The summed E-state index contributed by atoms with van der Waals surface area (Å²) in [5.74, 6) is 0.517. The summed E-state index contributed by atoms with van der Waals surface area (Å²) in [4.78, 5) is 3.99. The molecule has 0 aromatic carbocycles. The lowest BCUT2D eigenvalue weighted by Gasteiger charge is -2.02. The van der Waals surface area contributed by atoms with E-state index < -0.39 is 0 Å². The van der Waals surface area contributed by atoms with Gasteiger partial charge in [-0.25, -0.2) is 4.99 Å². The van der Waals surface area contributed by atoms with Crippen LogP contribution in [0.4, 0.5) is 0 Å². The average molecular weight is 164 g/mol. The highest BCUT2D eigenvalue weighted by Gasteiger charge is 1.97. The third-order valence-corrected chi connectivity index (χ3v) is 1.34. The Morgan fingerprint density at radius 2 is 2.00 bits per heavy atom. The van der Waals surface area contributed by atoms with Gasteiger partial charge in [0.25, 0.3) is 0 Å². The Morgan fingerprint density at radius 1 is 1.42 bits per heavy atom. The fraction of sp³-hybridized carbons (Fsp3) is 0.300. The minimum Gasteiger partial charge on any atom is -0.383 e. The van der Waals surface area contributed by atoms with Gasteiger partial charge in [0.05, 0.1) is 0 Å². The zero-order chi connectivity index (χ0) is 9.56. The van der Waals surface area contributed by atoms with Gasteiger partial charge in [-0.1, -0.05) is 18.7 Å². The molecule has 0 amide bonds. The second-order valence-electron chi connectivity index (χ2n) is 2.47. The van der Waals surface area contributed by atoms with E-state index in [1.165, 1.54) is 0 Å². The maximum Gasteiger partial charge on any atom is 0.130 e. The fourth-order valence-electron chi connectivity index (χ4n) is 0.822. The van der Waals surface area contributed by atoms with Crippen LogP contribution >= 0.6 is 0 Å². The monoisotopic (exact) mass is 164 g/mol. The predicted octanol–water partition coefficient (Wildman–Crippen LogP) is 2.40. The van der Waals surface area contributed by atoms with Crippen molar-refractivity contribution in [1.29, 1.82) is 0 Å². The van der Waals surface area contributed by atoms with E-state index in [-0.39, 0.29) is 0 Å². The molecule has 2 nitrogen and oxygen atoms in total. The van der Waals surface area contributed by atoms with Crippen molar-refractivity contribution in [3.05, 3.63) is 35.7 Å². The fourth-order valence-corrected chi connectivity index (χ4v) is 0.822. The van der Waals surface area contributed by atoms with Crippen LogP contribution in [0.25, 0.3) is 0 Å². The van der Waals surface area contributed by atoms with Crippen LogP contribution in [0.5, 0.6) is 0 Å². The van der Waals surface area contributed by atoms with Crippen molar-refractivity contribution in [2.24, 2.45) is 10.7 Å². The van der Waals surface area contributed by atoms with E-state index in [1.54, 1.807) is 6.21 Å². The Kier molecular flexibility index (Phi) is 4.77. The maximum atomic E-state index is 5.69. The molecule has 0 aliphatic carbocycles. The van der Waals surface area contributed by atoms with Gasteiger partial charge in [-0.15, -0.1) is 0 Å². The zero-order valence-electron chi connectivity index (χ0n) is 7.96. The highest BCUT2D eigenvalue weighted by atomic mass is 14.9. The predicted molar refractivity (Wildman–Crippen MR) is 55.0 cm³/mol. The Morgan fingerprint density at radius 3 is 2.33 bits per heavy atom. The van der Waals surface area contributed by atoms with Crippen LogP contribution in [0.3, 0.4) is 0 Å². The molecule has 66 valence electrons. The summed E-state index contributed by atoms with van der Waals surface area (Å²) in [6, 6.07) is 0. The Labute approximate surface area is 74.2 Å². The molecule has 0 saturated carbocycles. The molecular weight excluding hydrogens is 148 g/mol. The van der Waals surface area contributed by atoms with E-state index in [2.05, 4.69) is 11.6 Å². The second-order valence-corrected chi connectivity index (χ2v) is 2.47. The van der Waals surface area contributed by atoms with Crippen LogP contribution in [0, 0.1) is 0 Å². The first-order valence-corrected chi connectivity index (χ1v) is 3.90. The SMILES string of the molecule is C=C(C)C(/C=C\C)=C(/N)N=CC. The highest BCUT2D eigenvalue weighted by Crippen LogP contribution is 2.11. The first-order chi connectivity index (χ1) is 5.63. The molecule has 2 heteroatoms. The first-order valence-electron chi connectivity index (χ1n) is 3.90. The van der Waals surface area contributed by atoms with Gasteiger partial charge >= 0.3 is 0 Å². The summed E-state index contributed by atoms with van der Waals surface area (Å²) in [5.41, 5.74) is 7.51. The van der Waals surface area contributed by atoms with Gasteiger partial charge in [0.15, 0.2) is 0 Å². The molecule has 0 aromatic heterocycles. The minimum absolute atomic E-state index is 0.517. The van der Waals surface area contributed by atoms with Crippen LogP contribution in [0.2, 0.25) is 0 Å². The van der Waals surface area contributed by atoms with E-state index >= 15 is 0 Å². The number of hydrogen-bond acceptors (Lipinski definition) is 2. The van der Waals surface area contributed by atoms with Gasteiger partial charge in [0.1, 0.15) is 5.82 Å². The van der Waals surface area contributed by atoms with Crippen LogP contribution in [0.15, 0.2) is 40.7 Å². The molecule has 0 aliphatic rings. The molecule has 0 rings (SSSR count). The molecule has 0 aliphatic heterocycles. The summed E-state index contributed by atoms with van der Waals surface area (Å²) < 4.78 is 0. The molecule has 0 atom stereocenters. The Hall–Kier alpha value is -1.31. The lowest BCUT2D eigenvalue weighted by Crippen LogP contribution is -1.99. The van der Waals surface area contributed by atoms with Crippen molar-refractivity contribution in [3.63, 3.8) is 0 Å². The van der Waals surface area contributed by atoms with Gasteiger partial charge in [0.2, 0.25) is 0 Å². The number of hydrogen-bond donors (Lipinski definition) is 1. The lowest BCUT2D eigenvalue weighted by atomic mass is 10.1. The normalized spacial score (nSPS) is 13.9. The smallest absolute Gasteiger partial charge is 0.130 e.